The maximum Gasteiger partial charge on any atom is 0.350 e. The lowest BCUT2D eigenvalue weighted by atomic mass is 10.1. The second-order valence-corrected chi connectivity index (χ2v) is 6.14. The molecule has 0 aliphatic rings. The number of benzene rings is 2. The molecule has 2 aromatic heterocycles. The molecular weight excluding hydrogens is 333 g/mol. The summed E-state index contributed by atoms with van der Waals surface area (Å²) < 4.78 is 14.9. The fourth-order valence-corrected chi connectivity index (χ4v) is 2.81. The lowest BCUT2D eigenvalue weighted by Crippen LogP contribution is -2.15. The van der Waals surface area contributed by atoms with Crippen LogP contribution in [0.5, 0.6) is 0 Å². The van der Waals surface area contributed by atoms with Gasteiger partial charge in [0.2, 0.25) is 5.95 Å². The molecule has 0 radical (unpaired) electrons. The van der Waals surface area contributed by atoms with Gasteiger partial charge in [-0.3, -0.25) is 0 Å². The fourth-order valence-electron chi connectivity index (χ4n) is 2.81. The van der Waals surface area contributed by atoms with Crippen molar-refractivity contribution in [2.45, 2.75) is 13.8 Å². The Labute approximate surface area is 148 Å². The van der Waals surface area contributed by atoms with Crippen LogP contribution < -0.4 is 11.0 Å². The van der Waals surface area contributed by atoms with Gasteiger partial charge in [0.1, 0.15) is 5.82 Å². The Morgan fingerprint density at radius 3 is 2.77 bits per heavy atom. The molecule has 0 amide bonds. The van der Waals surface area contributed by atoms with E-state index in [1.165, 1.54) is 16.5 Å². The molecule has 2 aromatic carbocycles. The highest BCUT2D eigenvalue weighted by Gasteiger charge is 2.13. The number of aryl methyl sites for hydroxylation is 2. The van der Waals surface area contributed by atoms with Crippen molar-refractivity contribution in [3.63, 3.8) is 0 Å². The second kappa shape index (κ2) is 6.11. The molecule has 26 heavy (non-hydrogen) atoms. The van der Waals surface area contributed by atoms with Crippen molar-refractivity contribution in [1.82, 2.24) is 19.6 Å². The van der Waals surface area contributed by atoms with Gasteiger partial charge in [0.05, 0.1) is 5.69 Å². The van der Waals surface area contributed by atoms with Gasteiger partial charge in [0.25, 0.3) is 0 Å². The highest BCUT2D eigenvalue weighted by molar-refractivity contribution is 5.68. The summed E-state index contributed by atoms with van der Waals surface area (Å²) in [5, 5.41) is 9.52. The second-order valence-electron chi connectivity index (χ2n) is 6.14. The van der Waals surface area contributed by atoms with Crippen LogP contribution in [-0.4, -0.2) is 19.6 Å². The molecule has 4 rings (SSSR count). The Bertz CT molecular complexity index is 1180. The number of nitrogens with one attached hydrogen (secondary N) is 2. The van der Waals surface area contributed by atoms with Gasteiger partial charge < -0.3 is 5.32 Å². The Kier molecular flexibility index (Phi) is 3.76. The standard InChI is InChI=1S/C19H16FN5O/c1-11-4-3-5-13(8-11)16-10-17-23-24-19(26)25(17)18(22-16)21-15-9-14(20)7-6-12(15)2/h3-10H,1-2H3,(H,21,22)(H,24,26). The van der Waals surface area contributed by atoms with E-state index < -0.39 is 5.69 Å². The Morgan fingerprint density at radius 1 is 1.12 bits per heavy atom. The highest BCUT2D eigenvalue weighted by Crippen LogP contribution is 2.24. The van der Waals surface area contributed by atoms with Crippen molar-refractivity contribution in [2.75, 3.05) is 5.32 Å². The number of fused-ring (bicyclic) bond motifs is 1. The van der Waals surface area contributed by atoms with Crippen LogP contribution >= 0.6 is 0 Å². The van der Waals surface area contributed by atoms with Gasteiger partial charge in [-0.1, -0.05) is 29.8 Å². The zero-order chi connectivity index (χ0) is 18.3. The van der Waals surface area contributed by atoms with Crippen LogP contribution in [-0.2, 0) is 0 Å². The SMILES string of the molecule is Cc1cccc(-c2cc3n[nH]c(=O)n3c(Nc3cc(F)ccc3C)n2)c1. The molecule has 0 fully saturated rings. The molecule has 0 saturated heterocycles. The van der Waals surface area contributed by atoms with E-state index in [0.29, 0.717) is 17.0 Å². The molecule has 4 aromatic rings. The third-order valence-corrected chi connectivity index (χ3v) is 4.16. The van der Waals surface area contributed by atoms with Gasteiger partial charge in [0, 0.05) is 17.3 Å². The average molecular weight is 349 g/mol. The molecule has 0 aliphatic carbocycles. The number of anilines is 2. The van der Waals surface area contributed by atoms with Crippen LogP contribution in [0.4, 0.5) is 16.0 Å². The van der Waals surface area contributed by atoms with Crippen LogP contribution in [0.1, 0.15) is 11.1 Å². The predicted molar refractivity (Wildman–Crippen MR) is 98.2 cm³/mol. The van der Waals surface area contributed by atoms with Crippen molar-refractivity contribution in [3.8, 4) is 11.3 Å². The van der Waals surface area contributed by atoms with E-state index in [9.17, 15) is 9.18 Å². The van der Waals surface area contributed by atoms with E-state index in [-0.39, 0.29) is 11.8 Å². The minimum atomic E-state index is -0.417. The number of aromatic nitrogens is 4. The third-order valence-electron chi connectivity index (χ3n) is 4.16. The van der Waals surface area contributed by atoms with Crippen molar-refractivity contribution in [2.24, 2.45) is 0 Å². The number of H-pyrrole nitrogens is 1. The molecule has 2 heterocycles. The number of halogens is 1. The van der Waals surface area contributed by atoms with E-state index in [1.54, 1.807) is 12.1 Å². The van der Waals surface area contributed by atoms with Crippen molar-refractivity contribution >= 4 is 17.3 Å². The molecule has 0 saturated carbocycles. The van der Waals surface area contributed by atoms with Gasteiger partial charge in [-0.25, -0.2) is 23.7 Å². The summed E-state index contributed by atoms with van der Waals surface area (Å²) in [6.45, 7) is 3.85. The van der Waals surface area contributed by atoms with Crippen LogP contribution in [0, 0.1) is 19.7 Å². The number of aromatic amines is 1. The number of hydrogen-bond acceptors (Lipinski definition) is 4. The van der Waals surface area contributed by atoms with Crippen molar-refractivity contribution in [3.05, 3.63) is 76.0 Å². The third kappa shape index (κ3) is 2.83. The van der Waals surface area contributed by atoms with Crippen molar-refractivity contribution < 1.29 is 4.39 Å². The van der Waals surface area contributed by atoms with Crippen LogP contribution in [0.15, 0.2) is 53.3 Å². The van der Waals surface area contributed by atoms with E-state index >= 15 is 0 Å². The minimum Gasteiger partial charge on any atom is -0.325 e. The first kappa shape index (κ1) is 16.0. The lowest BCUT2D eigenvalue weighted by molar-refractivity contribution is 0.628. The molecule has 0 spiro atoms. The normalized spacial score (nSPS) is 11.0. The highest BCUT2D eigenvalue weighted by atomic mass is 19.1. The predicted octanol–water partition coefficient (Wildman–Crippen LogP) is 3.58. The van der Waals surface area contributed by atoms with Gasteiger partial charge in [-0.05, 0) is 37.6 Å². The van der Waals surface area contributed by atoms with Gasteiger partial charge >= 0.3 is 5.69 Å². The Balaban J connectivity index is 1.91. The monoisotopic (exact) mass is 349 g/mol. The first-order chi connectivity index (χ1) is 12.5. The minimum absolute atomic E-state index is 0.270. The average Bonchev–Trinajstić information content (AvgIpc) is 2.99. The molecule has 0 unspecified atom stereocenters. The van der Waals surface area contributed by atoms with Crippen molar-refractivity contribution in [1.29, 1.82) is 0 Å². The van der Waals surface area contributed by atoms with Crippen LogP contribution in [0.2, 0.25) is 0 Å². The first-order valence-electron chi connectivity index (χ1n) is 8.10. The Hall–Kier alpha value is -3.48. The number of rotatable bonds is 3. The van der Waals surface area contributed by atoms with Crippen LogP contribution in [0.3, 0.4) is 0 Å². The molecule has 0 bridgehead atoms. The molecule has 6 nitrogen and oxygen atoms in total. The summed E-state index contributed by atoms with van der Waals surface area (Å²) in [7, 11) is 0. The fraction of sp³-hybridized carbons (Fsp3) is 0.105. The van der Waals surface area contributed by atoms with Gasteiger partial charge in [-0.2, -0.15) is 5.10 Å². The molecule has 130 valence electrons. The Morgan fingerprint density at radius 2 is 1.96 bits per heavy atom. The van der Waals surface area contributed by atoms with Crippen LogP contribution in [0.25, 0.3) is 16.9 Å². The van der Waals surface area contributed by atoms with E-state index in [2.05, 4.69) is 20.5 Å². The van der Waals surface area contributed by atoms with Gasteiger partial charge in [0.15, 0.2) is 5.65 Å². The molecule has 7 heteroatoms. The summed E-state index contributed by atoms with van der Waals surface area (Å²) in [5.41, 5.74) is 4.04. The molecule has 0 aliphatic heterocycles. The largest absolute Gasteiger partial charge is 0.350 e. The topological polar surface area (TPSA) is 75.1 Å². The quantitative estimate of drug-likeness (QED) is 0.593. The van der Waals surface area contributed by atoms with Gasteiger partial charge in [-0.15, -0.1) is 0 Å². The summed E-state index contributed by atoms with van der Waals surface area (Å²) >= 11 is 0. The van der Waals surface area contributed by atoms with E-state index in [0.717, 1.165) is 16.7 Å². The number of hydrogen-bond donors (Lipinski definition) is 2. The summed E-state index contributed by atoms with van der Waals surface area (Å²) in [5.74, 6) is -0.102. The summed E-state index contributed by atoms with van der Waals surface area (Å²) in [6, 6.07) is 14.0. The van der Waals surface area contributed by atoms with E-state index in [4.69, 9.17) is 0 Å². The summed E-state index contributed by atoms with van der Waals surface area (Å²) in [4.78, 5) is 16.7. The lowest BCUT2D eigenvalue weighted by Gasteiger charge is -2.12. The molecule has 2 N–H and O–H groups in total. The molecule has 0 atom stereocenters. The summed E-state index contributed by atoms with van der Waals surface area (Å²) in [6.07, 6.45) is 0. The molecular formula is C19H16FN5O. The first-order valence-corrected chi connectivity index (χ1v) is 8.10. The zero-order valence-corrected chi connectivity index (χ0v) is 14.2. The maximum absolute atomic E-state index is 13.6. The zero-order valence-electron chi connectivity index (χ0n) is 14.2. The van der Waals surface area contributed by atoms with E-state index in [1.807, 2.05) is 38.1 Å². The number of nitrogens with zero attached hydrogens (tertiary/aromatic N) is 3. The maximum atomic E-state index is 13.6. The smallest absolute Gasteiger partial charge is 0.325 e.